The van der Waals surface area contributed by atoms with Crippen molar-refractivity contribution in [2.24, 2.45) is 10.9 Å². The summed E-state index contributed by atoms with van der Waals surface area (Å²) in [6, 6.07) is 5.95. The number of hydrogen-bond acceptors (Lipinski definition) is 4. The van der Waals surface area contributed by atoms with Crippen LogP contribution in [-0.4, -0.2) is 32.3 Å². The van der Waals surface area contributed by atoms with E-state index in [4.69, 9.17) is 0 Å². The molecule has 0 saturated heterocycles. The minimum Gasteiger partial charge on any atom is -0.290 e. The molecule has 27 heavy (non-hydrogen) atoms. The first kappa shape index (κ1) is 17.0. The fourth-order valence-electron chi connectivity index (χ4n) is 2.89. The van der Waals surface area contributed by atoms with E-state index in [9.17, 15) is 13.6 Å². The van der Waals surface area contributed by atoms with Gasteiger partial charge in [0.1, 0.15) is 17.3 Å². The second-order valence-corrected chi connectivity index (χ2v) is 6.26. The number of nitrogens with zero attached hydrogens (tertiary/aromatic N) is 5. The van der Waals surface area contributed by atoms with Crippen molar-refractivity contribution in [2.45, 2.75) is 6.92 Å². The van der Waals surface area contributed by atoms with Gasteiger partial charge in [0, 0.05) is 31.1 Å². The maximum absolute atomic E-state index is 14.2. The molecule has 0 fully saturated rings. The highest BCUT2D eigenvalue weighted by Gasteiger charge is 2.17. The molecule has 1 atom stereocenters. The van der Waals surface area contributed by atoms with Crippen LogP contribution in [0.2, 0.25) is 0 Å². The number of hydrogen-bond donors (Lipinski definition) is 0. The Morgan fingerprint density at radius 3 is 2.85 bits per heavy atom. The Labute approximate surface area is 153 Å². The summed E-state index contributed by atoms with van der Waals surface area (Å²) in [4.78, 5) is 16.7. The number of aliphatic imine (C=N–C) groups is 1. The molecule has 2 aromatic heterocycles. The number of benzene rings is 1. The highest BCUT2D eigenvalue weighted by atomic mass is 19.1. The van der Waals surface area contributed by atoms with E-state index in [1.807, 2.05) is 13.0 Å². The van der Waals surface area contributed by atoms with Gasteiger partial charge in [0.15, 0.2) is 5.69 Å². The number of rotatable bonds is 3. The highest BCUT2D eigenvalue weighted by molar-refractivity contribution is 6.02. The zero-order valence-electron chi connectivity index (χ0n) is 14.4. The SMILES string of the molecule is CC1C=C(n2ccc(=O)c(-c3ccnn3-c3cc(F)ccc3F)n2)C=NC1. The molecule has 0 N–H and O–H groups in total. The average Bonchev–Trinajstić information content (AvgIpc) is 3.13. The molecule has 6 nitrogen and oxygen atoms in total. The first-order valence-electron chi connectivity index (χ1n) is 8.35. The highest BCUT2D eigenvalue weighted by Crippen LogP contribution is 2.21. The normalized spacial score (nSPS) is 16.4. The Bertz CT molecular complexity index is 1130. The molecule has 8 heteroatoms. The molecule has 0 amide bonds. The van der Waals surface area contributed by atoms with Crippen molar-refractivity contribution in [1.82, 2.24) is 19.6 Å². The fourth-order valence-corrected chi connectivity index (χ4v) is 2.89. The van der Waals surface area contributed by atoms with Gasteiger partial charge in [-0.15, -0.1) is 0 Å². The molecule has 136 valence electrons. The van der Waals surface area contributed by atoms with Gasteiger partial charge in [-0.05, 0) is 24.1 Å². The Morgan fingerprint density at radius 2 is 2.04 bits per heavy atom. The van der Waals surface area contributed by atoms with Gasteiger partial charge in [0.2, 0.25) is 5.43 Å². The Balaban J connectivity index is 1.85. The van der Waals surface area contributed by atoms with Crippen LogP contribution >= 0.6 is 0 Å². The summed E-state index contributed by atoms with van der Waals surface area (Å²) in [6.07, 6.45) is 6.63. The number of halogens is 2. The summed E-state index contributed by atoms with van der Waals surface area (Å²) in [7, 11) is 0. The Hall–Kier alpha value is -3.42. The van der Waals surface area contributed by atoms with Crippen molar-refractivity contribution in [1.29, 1.82) is 0 Å². The van der Waals surface area contributed by atoms with Crippen LogP contribution in [0.1, 0.15) is 6.92 Å². The molecule has 1 aliphatic rings. The topological polar surface area (TPSA) is 65.1 Å². The van der Waals surface area contributed by atoms with Crippen molar-refractivity contribution >= 4 is 11.9 Å². The number of allylic oxidation sites excluding steroid dienone is 1. The Morgan fingerprint density at radius 1 is 1.19 bits per heavy atom. The number of dihydropyridines is 1. The lowest BCUT2D eigenvalue weighted by Crippen LogP contribution is -2.17. The summed E-state index contributed by atoms with van der Waals surface area (Å²) in [5.41, 5.74) is 0.620. The smallest absolute Gasteiger partial charge is 0.209 e. The average molecular weight is 367 g/mol. The van der Waals surface area contributed by atoms with Gasteiger partial charge in [-0.25, -0.2) is 18.1 Å². The molecule has 3 heterocycles. The van der Waals surface area contributed by atoms with Crippen molar-refractivity contribution in [2.75, 3.05) is 6.54 Å². The van der Waals surface area contributed by atoms with E-state index in [0.717, 1.165) is 23.9 Å². The van der Waals surface area contributed by atoms with E-state index in [0.29, 0.717) is 6.54 Å². The molecule has 0 spiro atoms. The van der Waals surface area contributed by atoms with E-state index in [1.165, 1.54) is 27.7 Å². The molecule has 0 bridgehead atoms. The first-order valence-corrected chi connectivity index (χ1v) is 8.35. The predicted molar refractivity (Wildman–Crippen MR) is 97.8 cm³/mol. The zero-order chi connectivity index (χ0) is 19.0. The second kappa shape index (κ2) is 6.71. The van der Waals surface area contributed by atoms with Crippen LogP contribution in [0.5, 0.6) is 0 Å². The van der Waals surface area contributed by atoms with Crippen molar-refractivity contribution in [3.8, 4) is 17.1 Å². The lowest BCUT2D eigenvalue weighted by molar-refractivity contribution is 0.587. The van der Waals surface area contributed by atoms with Crippen LogP contribution in [0.25, 0.3) is 22.8 Å². The van der Waals surface area contributed by atoms with E-state index in [2.05, 4.69) is 15.2 Å². The summed E-state index contributed by atoms with van der Waals surface area (Å²) >= 11 is 0. The van der Waals surface area contributed by atoms with Crippen LogP contribution < -0.4 is 5.43 Å². The lowest BCUT2D eigenvalue weighted by Gasteiger charge is -2.14. The van der Waals surface area contributed by atoms with E-state index in [-0.39, 0.29) is 28.4 Å². The summed E-state index contributed by atoms with van der Waals surface area (Å²) in [6.45, 7) is 2.73. The molecule has 1 aromatic carbocycles. The number of aromatic nitrogens is 4. The molecule has 3 aromatic rings. The molecule has 0 saturated carbocycles. The minimum atomic E-state index is -0.659. The molecular formula is C19H15F2N5O. The van der Waals surface area contributed by atoms with E-state index >= 15 is 0 Å². The molecule has 0 radical (unpaired) electrons. The maximum atomic E-state index is 14.2. The largest absolute Gasteiger partial charge is 0.290 e. The third kappa shape index (κ3) is 3.21. The second-order valence-electron chi connectivity index (χ2n) is 6.26. The minimum absolute atomic E-state index is 0.0752. The zero-order valence-corrected chi connectivity index (χ0v) is 14.4. The van der Waals surface area contributed by atoms with Gasteiger partial charge in [0.05, 0.1) is 17.6 Å². The van der Waals surface area contributed by atoms with Crippen LogP contribution in [0.4, 0.5) is 8.78 Å². The third-order valence-corrected chi connectivity index (χ3v) is 4.17. The van der Waals surface area contributed by atoms with Gasteiger partial charge < -0.3 is 0 Å². The van der Waals surface area contributed by atoms with Gasteiger partial charge >= 0.3 is 0 Å². The van der Waals surface area contributed by atoms with Crippen LogP contribution in [0.3, 0.4) is 0 Å². The predicted octanol–water partition coefficient (Wildman–Crippen LogP) is 2.94. The molecule has 0 aliphatic carbocycles. The van der Waals surface area contributed by atoms with Crippen molar-refractivity contribution < 1.29 is 8.78 Å². The van der Waals surface area contributed by atoms with Gasteiger partial charge in [-0.3, -0.25) is 9.79 Å². The van der Waals surface area contributed by atoms with Crippen molar-refractivity contribution in [3.05, 3.63) is 70.7 Å². The molecular weight excluding hydrogens is 352 g/mol. The van der Waals surface area contributed by atoms with Crippen LogP contribution in [0, 0.1) is 17.6 Å². The van der Waals surface area contributed by atoms with Crippen LogP contribution in [0.15, 0.2) is 58.6 Å². The first-order chi connectivity index (χ1) is 13.0. The lowest BCUT2D eigenvalue weighted by atomic mass is 10.1. The maximum Gasteiger partial charge on any atom is 0.209 e. The Kier molecular flexibility index (Phi) is 4.23. The van der Waals surface area contributed by atoms with E-state index in [1.54, 1.807) is 12.4 Å². The van der Waals surface area contributed by atoms with Gasteiger partial charge in [-0.2, -0.15) is 10.2 Å². The van der Waals surface area contributed by atoms with Crippen molar-refractivity contribution in [3.63, 3.8) is 0 Å². The quantitative estimate of drug-likeness (QED) is 0.715. The summed E-state index contributed by atoms with van der Waals surface area (Å²) in [5.74, 6) is -1.01. The molecule has 1 aliphatic heterocycles. The monoisotopic (exact) mass is 367 g/mol. The summed E-state index contributed by atoms with van der Waals surface area (Å²) < 4.78 is 30.5. The summed E-state index contributed by atoms with van der Waals surface area (Å²) in [5, 5.41) is 8.42. The fraction of sp³-hybridized carbons (Fsp3) is 0.158. The van der Waals surface area contributed by atoms with E-state index < -0.39 is 11.6 Å². The standard InChI is InChI=1S/C19H15F2N5O/c1-12-8-14(11-22-10-12)25-7-5-18(27)19(24-25)16-4-6-23-26(16)17-9-13(20)2-3-15(17)21/h2-9,11-12H,10H2,1H3. The molecule has 4 rings (SSSR count). The van der Waals surface area contributed by atoms with Crippen LogP contribution in [-0.2, 0) is 0 Å². The van der Waals surface area contributed by atoms with Gasteiger partial charge in [-0.1, -0.05) is 13.0 Å². The molecule has 1 unspecified atom stereocenters. The third-order valence-electron chi connectivity index (χ3n) is 4.17. The van der Waals surface area contributed by atoms with Gasteiger partial charge in [0.25, 0.3) is 0 Å².